The number of carbonyl (C=O) groups is 1. The number of hydrogen-bond acceptors (Lipinski definition) is 4. The lowest BCUT2D eigenvalue weighted by molar-refractivity contribution is -0.0207. The van der Waals surface area contributed by atoms with Gasteiger partial charge in [-0.3, -0.25) is 4.90 Å². The molecule has 5 nitrogen and oxygen atoms in total. The highest BCUT2D eigenvalue weighted by Gasteiger charge is 2.36. The minimum absolute atomic E-state index is 0.00341. The second-order valence-corrected chi connectivity index (χ2v) is 6.33. The van der Waals surface area contributed by atoms with Crippen LogP contribution in [0.4, 0.5) is 4.79 Å². The second kappa shape index (κ2) is 6.76. The fourth-order valence-electron chi connectivity index (χ4n) is 3.25. The van der Waals surface area contributed by atoms with E-state index in [2.05, 4.69) is 32.7 Å². The molecular formula is C15H28N2O3. The van der Waals surface area contributed by atoms with E-state index in [0.29, 0.717) is 6.04 Å². The molecule has 1 unspecified atom stereocenters. The lowest BCUT2D eigenvalue weighted by Gasteiger charge is -2.27. The molecule has 2 aliphatic heterocycles. The van der Waals surface area contributed by atoms with Crippen LogP contribution in [0.5, 0.6) is 0 Å². The van der Waals surface area contributed by atoms with E-state index in [1.807, 2.05) is 4.90 Å². The molecule has 0 bridgehead atoms. The van der Waals surface area contributed by atoms with Gasteiger partial charge >= 0.3 is 6.09 Å². The third kappa shape index (κ3) is 3.85. The highest BCUT2D eigenvalue weighted by Crippen LogP contribution is 2.24. The van der Waals surface area contributed by atoms with Crippen molar-refractivity contribution < 1.29 is 14.3 Å². The van der Waals surface area contributed by atoms with Gasteiger partial charge in [0.15, 0.2) is 0 Å². The standard InChI is InChI=1S/C15H28N2O3/c1-11(2)19-12(3)14-9-13(10-16(14)4)20-15(18)17-7-5-6-8-17/h11-14H,5-10H2,1-4H3/t12-,13?,14-/m0/s1. The maximum Gasteiger partial charge on any atom is 0.410 e. The number of carbonyl (C=O) groups excluding carboxylic acids is 1. The zero-order valence-corrected chi connectivity index (χ0v) is 13.2. The molecule has 2 aliphatic rings. The Balaban J connectivity index is 1.82. The Kier molecular flexibility index (Phi) is 5.27. The van der Waals surface area contributed by atoms with Crippen molar-refractivity contribution in [3.63, 3.8) is 0 Å². The van der Waals surface area contributed by atoms with Gasteiger partial charge < -0.3 is 14.4 Å². The summed E-state index contributed by atoms with van der Waals surface area (Å²) >= 11 is 0. The minimum atomic E-state index is -0.140. The molecule has 0 aromatic carbocycles. The van der Waals surface area contributed by atoms with Crippen LogP contribution in [-0.2, 0) is 9.47 Å². The summed E-state index contributed by atoms with van der Waals surface area (Å²) in [4.78, 5) is 16.1. The Morgan fingerprint density at radius 2 is 1.85 bits per heavy atom. The molecule has 0 aliphatic carbocycles. The summed E-state index contributed by atoms with van der Waals surface area (Å²) < 4.78 is 11.5. The van der Waals surface area contributed by atoms with Gasteiger partial charge in [0, 0.05) is 32.1 Å². The van der Waals surface area contributed by atoms with Crippen molar-refractivity contribution in [2.45, 2.75) is 64.4 Å². The number of amides is 1. The van der Waals surface area contributed by atoms with Crippen molar-refractivity contribution in [1.29, 1.82) is 0 Å². The Hall–Kier alpha value is -0.810. The summed E-state index contributed by atoms with van der Waals surface area (Å²) in [6, 6.07) is 0.328. The number of likely N-dealkylation sites (N-methyl/N-ethyl adjacent to an activating group) is 1. The zero-order chi connectivity index (χ0) is 14.7. The van der Waals surface area contributed by atoms with E-state index in [4.69, 9.17) is 9.47 Å². The van der Waals surface area contributed by atoms with Crippen molar-refractivity contribution >= 4 is 6.09 Å². The molecule has 2 saturated heterocycles. The second-order valence-electron chi connectivity index (χ2n) is 6.33. The monoisotopic (exact) mass is 284 g/mol. The lowest BCUT2D eigenvalue weighted by atomic mass is 10.1. The van der Waals surface area contributed by atoms with E-state index in [-0.39, 0.29) is 24.4 Å². The lowest BCUT2D eigenvalue weighted by Crippen LogP contribution is -2.37. The van der Waals surface area contributed by atoms with E-state index in [1.165, 1.54) is 0 Å². The quantitative estimate of drug-likeness (QED) is 0.793. The van der Waals surface area contributed by atoms with Crippen molar-refractivity contribution in [2.24, 2.45) is 0 Å². The number of ether oxygens (including phenoxy) is 2. The van der Waals surface area contributed by atoms with E-state index < -0.39 is 0 Å². The third-order valence-electron chi connectivity index (χ3n) is 4.22. The first-order valence-corrected chi connectivity index (χ1v) is 7.78. The van der Waals surface area contributed by atoms with Gasteiger partial charge in [0.1, 0.15) is 6.10 Å². The molecule has 2 fully saturated rings. The molecule has 1 amide bonds. The van der Waals surface area contributed by atoms with E-state index in [0.717, 1.165) is 38.9 Å². The van der Waals surface area contributed by atoms with Gasteiger partial charge in [-0.2, -0.15) is 0 Å². The van der Waals surface area contributed by atoms with Crippen LogP contribution < -0.4 is 0 Å². The summed E-state index contributed by atoms with van der Waals surface area (Å²) in [6.07, 6.45) is 3.31. The van der Waals surface area contributed by atoms with Crippen LogP contribution in [0.1, 0.15) is 40.0 Å². The predicted octanol–water partition coefficient (Wildman–Crippen LogP) is 2.10. The van der Waals surface area contributed by atoms with Gasteiger partial charge in [0.05, 0.1) is 12.2 Å². The maximum atomic E-state index is 12.0. The highest BCUT2D eigenvalue weighted by molar-refractivity contribution is 5.68. The number of likely N-dealkylation sites (tertiary alicyclic amines) is 2. The molecule has 116 valence electrons. The molecule has 2 rings (SSSR count). The van der Waals surface area contributed by atoms with Gasteiger partial charge in [0.2, 0.25) is 0 Å². The largest absolute Gasteiger partial charge is 0.445 e. The Labute approximate surface area is 122 Å². The van der Waals surface area contributed by atoms with Gasteiger partial charge in [-0.25, -0.2) is 4.79 Å². The molecule has 0 spiro atoms. The Bertz CT molecular complexity index is 329. The fourth-order valence-corrected chi connectivity index (χ4v) is 3.25. The molecule has 3 atom stereocenters. The van der Waals surface area contributed by atoms with Crippen LogP contribution in [0.15, 0.2) is 0 Å². The van der Waals surface area contributed by atoms with Crippen LogP contribution in [0, 0.1) is 0 Å². The molecule has 0 saturated carbocycles. The van der Waals surface area contributed by atoms with Crippen LogP contribution in [-0.4, -0.2) is 66.9 Å². The van der Waals surface area contributed by atoms with Crippen molar-refractivity contribution in [1.82, 2.24) is 9.80 Å². The first-order chi connectivity index (χ1) is 9.47. The van der Waals surface area contributed by atoms with E-state index >= 15 is 0 Å². The van der Waals surface area contributed by atoms with Crippen LogP contribution >= 0.6 is 0 Å². The molecule has 20 heavy (non-hydrogen) atoms. The van der Waals surface area contributed by atoms with Crippen LogP contribution in [0.3, 0.4) is 0 Å². The van der Waals surface area contributed by atoms with Crippen molar-refractivity contribution in [2.75, 3.05) is 26.7 Å². The van der Waals surface area contributed by atoms with Gasteiger partial charge in [-0.15, -0.1) is 0 Å². The molecule has 5 heteroatoms. The van der Waals surface area contributed by atoms with Crippen molar-refractivity contribution in [3.05, 3.63) is 0 Å². The highest BCUT2D eigenvalue weighted by atomic mass is 16.6. The molecular weight excluding hydrogens is 256 g/mol. The molecule has 0 radical (unpaired) electrons. The first kappa shape index (κ1) is 15.6. The number of nitrogens with zero attached hydrogens (tertiary/aromatic N) is 2. The summed E-state index contributed by atoms with van der Waals surface area (Å²) in [5, 5.41) is 0. The van der Waals surface area contributed by atoms with Gasteiger partial charge in [-0.05, 0) is 40.7 Å². The van der Waals surface area contributed by atoms with Crippen LogP contribution in [0.2, 0.25) is 0 Å². The smallest absolute Gasteiger partial charge is 0.410 e. The maximum absolute atomic E-state index is 12.0. The SMILES string of the molecule is CC(C)O[C@@H](C)[C@@H]1CC(OC(=O)N2CCCC2)CN1C. The molecule has 0 aromatic heterocycles. The topological polar surface area (TPSA) is 42.0 Å². The summed E-state index contributed by atoms with van der Waals surface area (Å²) in [5.74, 6) is 0. The van der Waals surface area contributed by atoms with Gasteiger partial charge in [0.25, 0.3) is 0 Å². The summed E-state index contributed by atoms with van der Waals surface area (Å²) in [7, 11) is 2.08. The normalized spacial score (nSPS) is 29.1. The first-order valence-electron chi connectivity index (χ1n) is 7.78. The molecule has 0 aromatic rings. The van der Waals surface area contributed by atoms with E-state index in [1.54, 1.807) is 0 Å². The molecule has 0 N–H and O–H groups in total. The average molecular weight is 284 g/mol. The minimum Gasteiger partial charge on any atom is -0.445 e. The number of hydrogen-bond donors (Lipinski definition) is 0. The third-order valence-corrected chi connectivity index (χ3v) is 4.22. The molecule has 2 heterocycles. The Morgan fingerprint density at radius 3 is 2.45 bits per heavy atom. The average Bonchev–Trinajstić information content (AvgIpc) is 2.97. The Morgan fingerprint density at radius 1 is 1.20 bits per heavy atom. The number of rotatable bonds is 4. The summed E-state index contributed by atoms with van der Waals surface area (Å²) in [5.41, 5.74) is 0. The summed E-state index contributed by atoms with van der Waals surface area (Å²) in [6.45, 7) is 8.70. The fraction of sp³-hybridized carbons (Fsp3) is 0.933. The van der Waals surface area contributed by atoms with Crippen molar-refractivity contribution in [3.8, 4) is 0 Å². The zero-order valence-electron chi connectivity index (χ0n) is 13.2. The van der Waals surface area contributed by atoms with Crippen LogP contribution in [0.25, 0.3) is 0 Å². The van der Waals surface area contributed by atoms with E-state index in [9.17, 15) is 4.79 Å². The predicted molar refractivity (Wildman–Crippen MR) is 77.8 cm³/mol. The van der Waals surface area contributed by atoms with Gasteiger partial charge in [-0.1, -0.05) is 0 Å².